The number of carboxylic acids is 2. The minimum Gasteiger partial charge on any atom is -0.473 e. The average molecular weight is 483 g/mol. The van der Waals surface area contributed by atoms with Crippen LogP contribution >= 0.6 is 0 Å². The fourth-order valence-electron chi connectivity index (χ4n) is 3.67. The van der Waals surface area contributed by atoms with E-state index in [0.717, 1.165) is 32.5 Å². The topological polar surface area (TPSA) is 142 Å². The summed E-state index contributed by atoms with van der Waals surface area (Å²) in [5.41, 5.74) is 0.363. The van der Waals surface area contributed by atoms with Crippen LogP contribution in [0.5, 0.6) is 0 Å². The number of carbonyl (C=O) groups excluding carboxylic acids is 1. The van der Waals surface area contributed by atoms with E-state index in [9.17, 15) is 13.2 Å². The number of carbonyl (C=O) groups is 3. The Kier molecular flexibility index (Phi) is 10.0. The molecular weight excluding hydrogens is 452 g/mol. The Labute approximate surface area is 193 Å². The maximum atomic E-state index is 12.9. The van der Waals surface area contributed by atoms with E-state index < -0.39 is 27.9 Å². The molecule has 0 aromatic heterocycles. The van der Waals surface area contributed by atoms with E-state index in [1.165, 1.54) is 30.7 Å². The Hall–Kier alpha value is -2.76. The van der Waals surface area contributed by atoms with Crippen LogP contribution in [0.25, 0.3) is 0 Å². The van der Waals surface area contributed by atoms with Gasteiger partial charge in [0.15, 0.2) is 0 Å². The molecule has 10 nitrogen and oxygen atoms in total. The van der Waals surface area contributed by atoms with E-state index in [-0.39, 0.29) is 4.90 Å². The Morgan fingerprint density at radius 3 is 2.09 bits per heavy atom. The highest BCUT2D eigenvalue weighted by Crippen LogP contribution is 2.22. The fraction of sp³-hybridized carbons (Fsp3) is 0.500. The van der Waals surface area contributed by atoms with Gasteiger partial charge in [-0.25, -0.2) is 22.8 Å². The summed E-state index contributed by atoms with van der Waals surface area (Å²) in [7, 11) is -3.53. The molecule has 1 unspecified atom stereocenters. The van der Waals surface area contributed by atoms with Crippen LogP contribution in [0.2, 0.25) is 0 Å². The number of hydrogen-bond donors (Lipinski definition) is 2. The highest BCUT2D eigenvalue weighted by atomic mass is 32.2. The summed E-state index contributed by atoms with van der Waals surface area (Å²) in [5, 5.41) is 14.8. The van der Waals surface area contributed by atoms with E-state index in [2.05, 4.69) is 17.1 Å². The number of benzene rings is 1. The number of nitrogens with zero attached hydrogens (tertiary/aromatic N) is 2. The molecule has 1 saturated heterocycles. The molecule has 182 valence electrons. The second-order valence-electron chi connectivity index (χ2n) is 7.71. The van der Waals surface area contributed by atoms with Gasteiger partial charge in [-0.05, 0) is 56.4 Å². The molecule has 0 spiro atoms. The largest absolute Gasteiger partial charge is 0.473 e. The van der Waals surface area contributed by atoms with Crippen LogP contribution in [-0.4, -0.2) is 85.1 Å². The lowest BCUT2D eigenvalue weighted by molar-refractivity contribution is -0.159. The van der Waals surface area contributed by atoms with Crippen LogP contribution < -0.4 is 0 Å². The first kappa shape index (κ1) is 26.5. The molecule has 0 amide bonds. The number of rotatable bonds is 6. The van der Waals surface area contributed by atoms with Gasteiger partial charge < -0.3 is 19.8 Å². The van der Waals surface area contributed by atoms with E-state index in [1.807, 2.05) is 0 Å². The lowest BCUT2D eigenvalue weighted by Gasteiger charge is -2.36. The van der Waals surface area contributed by atoms with Gasteiger partial charge in [-0.3, -0.25) is 0 Å². The van der Waals surface area contributed by atoms with Gasteiger partial charge in [-0.15, -0.1) is 0 Å². The number of carboxylic acid groups (broad SMARTS) is 2. The highest BCUT2D eigenvalue weighted by Gasteiger charge is 2.29. The quantitative estimate of drug-likeness (QED) is 0.352. The van der Waals surface area contributed by atoms with Crippen molar-refractivity contribution in [1.82, 2.24) is 9.21 Å². The third-order valence-electron chi connectivity index (χ3n) is 5.41. The van der Waals surface area contributed by atoms with Crippen molar-refractivity contribution in [1.29, 1.82) is 0 Å². The minimum atomic E-state index is -3.53. The van der Waals surface area contributed by atoms with Crippen molar-refractivity contribution >= 4 is 27.9 Å². The van der Waals surface area contributed by atoms with E-state index in [1.54, 1.807) is 11.2 Å². The van der Waals surface area contributed by atoms with Crippen LogP contribution in [0.3, 0.4) is 0 Å². The number of esters is 1. The molecule has 1 atom stereocenters. The number of hydrogen-bond acceptors (Lipinski definition) is 7. The number of aliphatic carboxylic acids is 2. The standard InChI is InChI=1S/C20H28N2O4S.C2H2O4/c1-2-26-20(23)18-8-10-19(11-9-18)27(24,25)22-14-12-21(13-15-22)16-17-6-4-3-5-7-17;3-1(4)2(5)6/h3-4,8-11,17H,2,5-7,12-16H2,1H3;(H,3,4)(H,5,6). The van der Waals surface area contributed by atoms with Gasteiger partial charge in [0.25, 0.3) is 0 Å². The molecule has 33 heavy (non-hydrogen) atoms. The molecule has 1 aliphatic heterocycles. The van der Waals surface area contributed by atoms with Crippen molar-refractivity contribution < 1.29 is 37.8 Å². The van der Waals surface area contributed by atoms with Crippen molar-refractivity contribution in [2.24, 2.45) is 5.92 Å². The third-order valence-corrected chi connectivity index (χ3v) is 7.32. The van der Waals surface area contributed by atoms with Crippen LogP contribution in [0, 0.1) is 5.92 Å². The normalized spacial score (nSPS) is 19.2. The van der Waals surface area contributed by atoms with Gasteiger partial charge in [0.05, 0.1) is 17.1 Å². The van der Waals surface area contributed by atoms with Gasteiger partial charge in [-0.1, -0.05) is 12.2 Å². The van der Waals surface area contributed by atoms with E-state index >= 15 is 0 Å². The number of piperazine rings is 1. The van der Waals surface area contributed by atoms with Crippen molar-refractivity contribution in [3.63, 3.8) is 0 Å². The minimum absolute atomic E-state index is 0.224. The summed E-state index contributed by atoms with van der Waals surface area (Å²) >= 11 is 0. The van der Waals surface area contributed by atoms with Crippen molar-refractivity contribution in [3.8, 4) is 0 Å². The Balaban J connectivity index is 0.000000569. The molecule has 11 heteroatoms. The summed E-state index contributed by atoms with van der Waals surface area (Å²) in [4.78, 5) is 32.5. The van der Waals surface area contributed by atoms with Gasteiger partial charge >= 0.3 is 17.9 Å². The molecule has 3 rings (SSSR count). The molecule has 1 fully saturated rings. The lowest BCUT2D eigenvalue weighted by atomic mass is 9.94. The predicted molar refractivity (Wildman–Crippen MR) is 119 cm³/mol. The van der Waals surface area contributed by atoms with E-state index in [4.69, 9.17) is 24.5 Å². The smallest absolute Gasteiger partial charge is 0.414 e. The average Bonchev–Trinajstić information content (AvgIpc) is 2.81. The van der Waals surface area contributed by atoms with Crippen LogP contribution in [0.4, 0.5) is 0 Å². The monoisotopic (exact) mass is 482 g/mol. The van der Waals surface area contributed by atoms with E-state index in [0.29, 0.717) is 31.2 Å². The summed E-state index contributed by atoms with van der Waals surface area (Å²) in [6.07, 6.45) is 8.01. The molecule has 1 aliphatic carbocycles. The molecule has 1 heterocycles. The van der Waals surface area contributed by atoms with Gasteiger partial charge in [-0.2, -0.15) is 4.31 Å². The summed E-state index contributed by atoms with van der Waals surface area (Å²) in [5.74, 6) is -3.40. The highest BCUT2D eigenvalue weighted by molar-refractivity contribution is 7.89. The zero-order chi connectivity index (χ0) is 24.4. The molecule has 2 N–H and O–H groups in total. The summed E-state index contributed by atoms with van der Waals surface area (Å²) in [6, 6.07) is 6.00. The van der Waals surface area contributed by atoms with Crippen LogP contribution in [0.15, 0.2) is 41.3 Å². The zero-order valence-electron chi connectivity index (χ0n) is 18.6. The molecule has 1 aromatic carbocycles. The fourth-order valence-corrected chi connectivity index (χ4v) is 5.09. The van der Waals surface area contributed by atoms with Gasteiger partial charge in [0.1, 0.15) is 0 Å². The Morgan fingerprint density at radius 2 is 1.61 bits per heavy atom. The molecule has 0 bridgehead atoms. The molecule has 0 saturated carbocycles. The predicted octanol–water partition coefficient (Wildman–Crippen LogP) is 1.68. The first-order valence-electron chi connectivity index (χ1n) is 10.8. The van der Waals surface area contributed by atoms with Gasteiger partial charge in [0, 0.05) is 32.7 Å². The Bertz CT molecular complexity index is 939. The molecular formula is C22H30N2O8S. The first-order chi connectivity index (χ1) is 15.6. The third kappa shape index (κ3) is 7.95. The molecule has 0 radical (unpaired) electrons. The SMILES string of the molecule is CCOC(=O)c1ccc(S(=O)(=O)N2CCN(CC3CC=CCC3)CC2)cc1.O=C(O)C(=O)O. The molecule has 1 aromatic rings. The zero-order valence-corrected chi connectivity index (χ0v) is 19.4. The summed E-state index contributed by atoms with van der Waals surface area (Å²) < 4.78 is 32.2. The second-order valence-corrected chi connectivity index (χ2v) is 9.65. The number of allylic oxidation sites excluding steroid dienone is 2. The van der Waals surface area contributed by atoms with Crippen LogP contribution in [-0.2, 0) is 24.3 Å². The van der Waals surface area contributed by atoms with Crippen molar-refractivity contribution in [2.45, 2.75) is 31.1 Å². The maximum absolute atomic E-state index is 12.9. The van der Waals surface area contributed by atoms with Crippen molar-refractivity contribution in [3.05, 3.63) is 42.0 Å². The number of sulfonamides is 1. The first-order valence-corrected chi connectivity index (χ1v) is 12.2. The van der Waals surface area contributed by atoms with Crippen LogP contribution in [0.1, 0.15) is 36.5 Å². The lowest BCUT2D eigenvalue weighted by Crippen LogP contribution is -2.49. The second kappa shape index (κ2) is 12.5. The molecule has 2 aliphatic rings. The Morgan fingerprint density at radius 1 is 1.00 bits per heavy atom. The number of ether oxygens (including phenoxy) is 1. The maximum Gasteiger partial charge on any atom is 0.414 e. The van der Waals surface area contributed by atoms with Crippen molar-refractivity contribution in [2.75, 3.05) is 39.3 Å². The summed E-state index contributed by atoms with van der Waals surface area (Å²) in [6.45, 7) is 5.61. The van der Waals surface area contributed by atoms with Gasteiger partial charge in [0.2, 0.25) is 10.0 Å².